The van der Waals surface area contributed by atoms with Gasteiger partial charge in [-0.05, 0) is 36.6 Å². The van der Waals surface area contributed by atoms with Crippen LogP contribution in [0.2, 0.25) is 5.02 Å². The van der Waals surface area contributed by atoms with Crippen molar-refractivity contribution in [2.45, 2.75) is 25.8 Å². The molecule has 4 heteroatoms. The van der Waals surface area contributed by atoms with E-state index in [0.717, 1.165) is 28.5 Å². The van der Waals surface area contributed by atoms with Crippen LogP contribution in [-0.2, 0) is 0 Å². The molecule has 1 aromatic carbocycles. The quantitative estimate of drug-likeness (QED) is 0.491. The maximum Gasteiger partial charge on any atom is 0.0508 e. The first kappa shape index (κ1) is 13.7. The fourth-order valence-electron chi connectivity index (χ4n) is 1.47. The van der Waals surface area contributed by atoms with Crippen LogP contribution < -0.4 is 11.3 Å². The molecule has 0 radical (unpaired) electrons. The number of halogens is 2. The maximum absolute atomic E-state index is 5.98. The molecule has 3 N–H and O–H groups in total. The predicted octanol–water partition coefficient (Wildman–Crippen LogP) is 3.96. The van der Waals surface area contributed by atoms with Crippen molar-refractivity contribution in [1.29, 1.82) is 0 Å². The minimum absolute atomic E-state index is 0.0422. The van der Waals surface area contributed by atoms with Gasteiger partial charge in [-0.2, -0.15) is 0 Å². The Morgan fingerprint density at radius 3 is 2.88 bits per heavy atom. The summed E-state index contributed by atoms with van der Waals surface area (Å²) in [5.74, 6) is 5.57. The van der Waals surface area contributed by atoms with Gasteiger partial charge < -0.3 is 0 Å². The summed E-state index contributed by atoms with van der Waals surface area (Å²) >= 11 is 9.48. The average Bonchev–Trinajstić information content (AvgIpc) is 2.29. The standard InChI is InChI=1S/C12H16BrClN2/c1-3-8(2)6-12(16-15)10-7-9(14)4-5-11(10)13/h4-5,7,12,16H,2-3,6,15H2,1H3. The molecule has 0 spiro atoms. The molecule has 1 aromatic rings. The van der Waals surface area contributed by atoms with Gasteiger partial charge >= 0.3 is 0 Å². The predicted molar refractivity (Wildman–Crippen MR) is 73.3 cm³/mol. The Bertz CT molecular complexity index is 379. The van der Waals surface area contributed by atoms with Gasteiger partial charge in [0.2, 0.25) is 0 Å². The second-order valence-electron chi connectivity index (χ2n) is 3.69. The second kappa shape index (κ2) is 6.40. The monoisotopic (exact) mass is 302 g/mol. The van der Waals surface area contributed by atoms with Crippen LogP contribution in [0.4, 0.5) is 0 Å². The lowest BCUT2D eigenvalue weighted by atomic mass is 9.99. The minimum atomic E-state index is 0.0422. The summed E-state index contributed by atoms with van der Waals surface area (Å²) in [6.45, 7) is 6.08. The second-order valence-corrected chi connectivity index (χ2v) is 4.98. The topological polar surface area (TPSA) is 38.0 Å². The van der Waals surface area contributed by atoms with Gasteiger partial charge in [-0.25, -0.2) is 0 Å². The molecule has 1 rings (SSSR count). The van der Waals surface area contributed by atoms with Crippen molar-refractivity contribution in [3.63, 3.8) is 0 Å². The van der Waals surface area contributed by atoms with Gasteiger partial charge in [-0.1, -0.05) is 46.6 Å². The maximum atomic E-state index is 5.98. The van der Waals surface area contributed by atoms with Crippen molar-refractivity contribution in [3.05, 3.63) is 45.4 Å². The number of hydrogen-bond acceptors (Lipinski definition) is 2. The molecule has 0 aliphatic rings. The summed E-state index contributed by atoms with van der Waals surface area (Å²) < 4.78 is 1.00. The molecular weight excluding hydrogens is 288 g/mol. The first-order chi connectivity index (χ1) is 7.58. The smallest absolute Gasteiger partial charge is 0.0508 e. The highest BCUT2D eigenvalue weighted by atomic mass is 79.9. The van der Waals surface area contributed by atoms with Crippen LogP contribution in [0.15, 0.2) is 34.8 Å². The number of benzene rings is 1. The molecular formula is C12H16BrClN2. The van der Waals surface area contributed by atoms with Crippen molar-refractivity contribution >= 4 is 27.5 Å². The third-order valence-electron chi connectivity index (χ3n) is 2.53. The fourth-order valence-corrected chi connectivity index (χ4v) is 2.18. The molecule has 0 saturated heterocycles. The van der Waals surface area contributed by atoms with E-state index >= 15 is 0 Å². The van der Waals surface area contributed by atoms with Crippen molar-refractivity contribution in [2.75, 3.05) is 0 Å². The van der Waals surface area contributed by atoms with E-state index in [-0.39, 0.29) is 6.04 Å². The van der Waals surface area contributed by atoms with Crippen LogP contribution in [-0.4, -0.2) is 0 Å². The molecule has 16 heavy (non-hydrogen) atoms. The molecule has 0 aliphatic carbocycles. The lowest BCUT2D eigenvalue weighted by molar-refractivity contribution is 0.543. The van der Waals surface area contributed by atoms with Crippen LogP contribution >= 0.6 is 27.5 Å². The van der Waals surface area contributed by atoms with Crippen molar-refractivity contribution in [1.82, 2.24) is 5.43 Å². The number of nitrogens with one attached hydrogen (secondary N) is 1. The lowest BCUT2D eigenvalue weighted by Crippen LogP contribution is -2.28. The summed E-state index contributed by atoms with van der Waals surface area (Å²) in [6.07, 6.45) is 1.77. The van der Waals surface area contributed by atoms with E-state index < -0.39 is 0 Å². The largest absolute Gasteiger partial charge is 0.271 e. The van der Waals surface area contributed by atoms with E-state index in [0.29, 0.717) is 5.02 Å². The molecule has 0 aromatic heterocycles. The molecule has 1 unspecified atom stereocenters. The van der Waals surface area contributed by atoms with Crippen molar-refractivity contribution in [2.24, 2.45) is 5.84 Å². The molecule has 0 fully saturated rings. The SMILES string of the molecule is C=C(CC)CC(NN)c1cc(Cl)ccc1Br. The fraction of sp³-hybridized carbons (Fsp3) is 0.333. The van der Waals surface area contributed by atoms with Gasteiger partial charge in [0.25, 0.3) is 0 Å². The van der Waals surface area contributed by atoms with Gasteiger partial charge in [0.1, 0.15) is 0 Å². The molecule has 0 heterocycles. The summed E-state index contributed by atoms with van der Waals surface area (Å²) in [5.41, 5.74) is 5.02. The zero-order chi connectivity index (χ0) is 12.1. The summed E-state index contributed by atoms with van der Waals surface area (Å²) in [6, 6.07) is 5.73. The number of nitrogens with two attached hydrogens (primary N) is 1. The lowest BCUT2D eigenvalue weighted by Gasteiger charge is -2.19. The van der Waals surface area contributed by atoms with Gasteiger partial charge in [0.15, 0.2) is 0 Å². The van der Waals surface area contributed by atoms with Crippen molar-refractivity contribution < 1.29 is 0 Å². The Kier molecular flexibility index (Phi) is 5.49. The molecule has 1 atom stereocenters. The van der Waals surface area contributed by atoms with Crippen LogP contribution in [0, 0.1) is 0 Å². The Labute approximate surface area is 110 Å². The van der Waals surface area contributed by atoms with E-state index in [1.807, 2.05) is 18.2 Å². The van der Waals surface area contributed by atoms with Crippen LogP contribution in [0.1, 0.15) is 31.4 Å². The average molecular weight is 304 g/mol. The van der Waals surface area contributed by atoms with Crippen LogP contribution in [0.3, 0.4) is 0 Å². The number of hydrazine groups is 1. The Hall–Kier alpha value is -0.350. The molecule has 0 bridgehead atoms. The first-order valence-corrected chi connectivity index (χ1v) is 6.33. The van der Waals surface area contributed by atoms with E-state index in [1.54, 1.807) is 0 Å². The molecule has 2 nitrogen and oxygen atoms in total. The van der Waals surface area contributed by atoms with Gasteiger partial charge in [-0.3, -0.25) is 11.3 Å². The Morgan fingerprint density at radius 1 is 1.62 bits per heavy atom. The van der Waals surface area contributed by atoms with Crippen LogP contribution in [0.25, 0.3) is 0 Å². The molecule has 0 amide bonds. The van der Waals surface area contributed by atoms with Gasteiger partial charge in [0, 0.05) is 9.50 Å². The molecule has 0 saturated carbocycles. The highest BCUT2D eigenvalue weighted by Gasteiger charge is 2.14. The van der Waals surface area contributed by atoms with Gasteiger partial charge in [0.05, 0.1) is 6.04 Å². The highest BCUT2D eigenvalue weighted by Crippen LogP contribution is 2.30. The summed E-state index contributed by atoms with van der Waals surface area (Å²) in [5, 5.41) is 0.709. The summed E-state index contributed by atoms with van der Waals surface area (Å²) in [7, 11) is 0. The normalized spacial score (nSPS) is 12.5. The van der Waals surface area contributed by atoms with E-state index in [2.05, 4.69) is 34.9 Å². The molecule has 88 valence electrons. The molecule has 0 aliphatic heterocycles. The van der Waals surface area contributed by atoms with Gasteiger partial charge in [-0.15, -0.1) is 0 Å². The van der Waals surface area contributed by atoms with Crippen molar-refractivity contribution in [3.8, 4) is 0 Å². The highest BCUT2D eigenvalue weighted by molar-refractivity contribution is 9.10. The minimum Gasteiger partial charge on any atom is -0.271 e. The van der Waals surface area contributed by atoms with E-state index in [9.17, 15) is 0 Å². The number of rotatable bonds is 5. The number of hydrogen-bond donors (Lipinski definition) is 2. The zero-order valence-corrected chi connectivity index (χ0v) is 11.6. The third kappa shape index (κ3) is 3.59. The Morgan fingerprint density at radius 2 is 2.31 bits per heavy atom. The first-order valence-electron chi connectivity index (χ1n) is 5.16. The van der Waals surface area contributed by atoms with Crippen LogP contribution in [0.5, 0.6) is 0 Å². The van der Waals surface area contributed by atoms with E-state index in [4.69, 9.17) is 17.4 Å². The van der Waals surface area contributed by atoms with E-state index in [1.165, 1.54) is 0 Å². The summed E-state index contributed by atoms with van der Waals surface area (Å²) in [4.78, 5) is 0. The third-order valence-corrected chi connectivity index (χ3v) is 3.48. The Balaban J connectivity index is 2.94. The zero-order valence-electron chi connectivity index (χ0n) is 9.26.